The molecule has 0 aliphatic heterocycles. The highest BCUT2D eigenvalue weighted by Crippen LogP contribution is 2.18. The Morgan fingerprint density at radius 1 is 1.24 bits per heavy atom. The van der Waals surface area contributed by atoms with Gasteiger partial charge in [0.05, 0.1) is 7.11 Å². The van der Waals surface area contributed by atoms with Crippen molar-refractivity contribution in [3.63, 3.8) is 0 Å². The number of methoxy groups -OCH3 is 1. The van der Waals surface area contributed by atoms with Crippen molar-refractivity contribution in [3.05, 3.63) is 60.2 Å². The number of rotatable bonds is 6. The van der Waals surface area contributed by atoms with Crippen LogP contribution in [0.3, 0.4) is 0 Å². The maximum Gasteiger partial charge on any atom is 0.227 e. The predicted molar refractivity (Wildman–Crippen MR) is 89.6 cm³/mol. The molecule has 0 bridgehead atoms. The van der Waals surface area contributed by atoms with Gasteiger partial charge in [0.2, 0.25) is 17.6 Å². The Morgan fingerprint density at radius 3 is 2.80 bits per heavy atom. The molecule has 128 valence electrons. The Hall–Kier alpha value is -3.22. The molecule has 0 saturated carbocycles. The largest absolute Gasteiger partial charge is 0.497 e. The lowest BCUT2D eigenvalue weighted by Crippen LogP contribution is -2.12. The molecule has 0 atom stereocenters. The normalized spacial score (nSPS) is 10.5. The first-order valence-electron chi connectivity index (χ1n) is 7.66. The molecule has 0 unspecified atom stereocenters. The van der Waals surface area contributed by atoms with Crippen LogP contribution in [0.15, 0.2) is 53.1 Å². The molecule has 0 aliphatic rings. The molecule has 6 nitrogen and oxygen atoms in total. The van der Waals surface area contributed by atoms with Crippen LogP contribution in [-0.4, -0.2) is 23.2 Å². The average molecular weight is 341 g/mol. The molecule has 2 aromatic carbocycles. The number of amides is 1. The Bertz CT molecular complexity index is 862. The van der Waals surface area contributed by atoms with Crippen molar-refractivity contribution in [2.24, 2.45) is 0 Å². The van der Waals surface area contributed by atoms with E-state index >= 15 is 0 Å². The van der Waals surface area contributed by atoms with Gasteiger partial charge in [-0.3, -0.25) is 4.79 Å². The summed E-state index contributed by atoms with van der Waals surface area (Å²) < 4.78 is 23.2. The van der Waals surface area contributed by atoms with Crippen molar-refractivity contribution < 1.29 is 18.4 Å². The number of benzene rings is 2. The monoisotopic (exact) mass is 341 g/mol. The van der Waals surface area contributed by atoms with Gasteiger partial charge in [-0.15, -0.1) is 0 Å². The maximum absolute atomic E-state index is 12.9. The Balaban J connectivity index is 1.56. The summed E-state index contributed by atoms with van der Waals surface area (Å²) >= 11 is 0. The Labute approximate surface area is 143 Å². The minimum atomic E-state index is -0.332. The molecule has 0 radical (unpaired) electrons. The van der Waals surface area contributed by atoms with Crippen LogP contribution in [0.1, 0.15) is 12.3 Å². The van der Waals surface area contributed by atoms with Gasteiger partial charge in [0.25, 0.3) is 0 Å². The molecule has 1 amide bonds. The van der Waals surface area contributed by atoms with E-state index in [4.69, 9.17) is 9.26 Å². The van der Waals surface area contributed by atoms with E-state index in [1.54, 1.807) is 43.5 Å². The molecule has 0 spiro atoms. The first-order valence-corrected chi connectivity index (χ1v) is 7.66. The number of anilines is 1. The van der Waals surface area contributed by atoms with Gasteiger partial charge >= 0.3 is 0 Å². The fourth-order valence-corrected chi connectivity index (χ4v) is 2.22. The molecule has 0 saturated heterocycles. The van der Waals surface area contributed by atoms with Gasteiger partial charge in [-0.1, -0.05) is 11.2 Å². The molecule has 3 rings (SSSR count). The highest BCUT2D eigenvalue weighted by atomic mass is 19.1. The van der Waals surface area contributed by atoms with E-state index in [0.717, 1.165) is 0 Å². The molecule has 1 aromatic heterocycles. The average Bonchev–Trinajstić information content (AvgIpc) is 3.10. The van der Waals surface area contributed by atoms with Gasteiger partial charge in [-0.2, -0.15) is 4.98 Å². The van der Waals surface area contributed by atoms with E-state index in [9.17, 15) is 9.18 Å². The highest BCUT2D eigenvalue weighted by Gasteiger charge is 2.11. The molecule has 1 heterocycles. The standard InChI is InChI=1S/C18H16FN3O3/c1-24-15-4-2-3-14(11-15)20-16(23)9-10-17-21-18(22-25-17)12-5-7-13(19)8-6-12/h2-8,11H,9-10H2,1H3,(H,20,23). The summed E-state index contributed by atoms with van der Waals surface area (Å²) in [5.41, 5.74) is 1.30. The van der Waals surface area contributed by atoms with Crippen LogP contribution in [0, 0.1) is 5.82 Å². The Morgan fingerprint density at radius 2 is 2.04 bits per heavy atom. The molecule has 25 heavy (non-hydrogen) atoms. The molecule has 0 fully saturated rings. The summed E-state index contributed by atoms with van der Waals surface area (Å²) in [6, 6.07) is 12.9. The van der Waals surface area contributed by atoms with E-state index in [-0.39, 0.29) is 18.1 Å². The number of carbonyl (C=O) groups excluding carboxylic acids is 1. The van der Waals surface area contributed by atoms with Gasteiger partial charge in [-0.05, 0) is 36.4 Å². The lowest BCUT2D eigenvalue weighted by molar-refractivity contribution is -0.116. The molecule has 3 aromatic rings. The quantitative estimate of drug-likeness (QED) is 0.743. The molecular formula is C18H16FN3O3. The fraction of sp³-hybridized carbons (Fsp3) is 0.167. The summed E-state index contributed by atoms with van der Waals surface area (Å²) in [5, 5.41) is 6.63. The lowest BCUT2D eigenvalue weighted by atomic mass is 10.2. The lowest BCUT2D eigenvalue weighted by Gasteiger charge is -2.06. The predicted octanol–water partition coefficient (Wildman–Crippen LogP) is 3.46. The summed E-state index contributed by atoms with van der Waals surface area (Å²) in [7, 11) is 1.56. The minimum Gasteiger partial charge on any atom is -0.497 e. The second-order valence-electron chi connectivity index (χ2n) is 5.30. The summed E-state index contributed by atoms with van der Waals surface area (Å²) in [4.78, 5) is 16.2. The number of aromatic nitrogens is 2. The van der Waals surface area contributed by atoms with Crippen molar-refractivity contribution in [2.75, 3.05) is 12.4 Å². The summed E-state index contributed by atoms with van der Waals surface area (Å²) in [6.45, 7) is 0. The van der Waals surface area contributed by atoms with Crippen LogP contribution in [0.2, 0.25) is 0 Å². The Kier molecular flexibility index (Phi) is 5.03. The van der Waals surface area contributed by atoms with Crippen LogP contribution in [0.4, 0.5) is 10.1 Å². The number of hydrogen-bond acceptors (Lipinski definition) is 5. The third-order valence-corrected chi connectivity index (χ3v) is 3.49. The second kappa shape index (κ2) is 7.57. The number of aryl methyl sites for hydroxylation is 1. The van der Waals surface area contributed by atoms with Crippen LogP contribution >= 0.6 is 0 Å². The van der Waals surface area contributed by atoms with Gasteiger partial charge in [0, 0.05) is 30.2 Å². The van der Waals surface area contributed by atoms with Crippen LogP contribution < -0.4 is 10.1 Å². The number of hydrogen-bond donors (Lipinski definition) is 1. The third kappa shape index (κ3) is 4.41. The zero-order valence-electron chi connectivity index (χ0n) is 13.5. The van der Waals surface area contributed by atoms with Crippen LogP contribution in [0.25, 0.3) is 11.4 Å². The zero-order chi connectivity index (χ0) is 17.6. The zero-order valence-corrected chi connectivity index (χ0v) is 13.5. The number of nitrogens with one attached hydrogen (secondary N) is 1. The van der Waals surface area contributed by atoms with Crippen molar-refractivity contribution in [1.82, 2.24) is 10.1 Å². The second-order valence-corrected chi connectivity index (χ2v) is 5.30. The van der Waals surface area contributed by atoms with E-state index in [1.165, 1.54) is 12.1 Å². The van der Waals surface area contributed by atoms with Crippen molar-refractivity contribution in [1.29, 1.82) is 0 Å². The summed E-state index contributed by atoms with van der Waals surface area (Å²) in [5.74, 6) is 0.874. The van der Waals surface area contributed by atoms with Crippen LogP contribution in [0.5, 0.6) is 5.75 Å². The van der Waals surface area contributed by atoms with Crippen LogP contribution in [-0.2, 0) is 11.2 Å². The molecular weight excluding hydrogens is 325 g/mol. The van der Waals surface area contributed by atoms with Crippen molar-refractivity contribution in [3.8, 4) is 17.1 Å². The molecule has 7 heteroatoms. The first kappa shape index (κ1) is 16.6. The highest BCUT2D eigenvalue weighted by molar-refractivity contribution is 5.90. The summed E-state index contributed by atoms with van der Waals surface area (Å²) in [6.07, 6.45) is 0.506. The topological polar surface area (TPSA) is 77.2 Å². The third-order valence-electron chi connectivity index (χ3n) is 3.49. The van der Waals surface area contributed by atoms with Gasteiger partial charge in [-0.25, -0.2) is 4.39 Å². The number of carbonyl (C=O) groups is 1. The minimum absolute atomic E-state index is 0.171. The maximum atomic E-state index is 12.9. The molecule has 1 N–H and O–H groups in total. The number of halogens is 1. The number of ether oxygens (including phenoxy) is 1. The van der Waals surface area contributed by atoms with Crippen molar-refractivity contribution >= 4 is 11.6 Å². The fourth-order valence-electron chi connectivity index (χ4n) is 2.22. The van der Waals surface area contributed by atoms with E-state index in [0.29, 0.717) is 35.1 Å². The first-order chi connectivity index (χ1) is 12.1. The van der Waals surface area contributed by atoms with Gasteiger partial charge in [0.15, 0.2) is 0 Å². The van der Waals surface area contributed by atoms with Crippen molar-refractivity contribution in [2.45, 2.75) is 12.8 Å². The van der Waals surface area contributed by atoms with Gasteiger partial charge < -0.3 is 14.6 Å². The smallest absolute Gasteiger partial charge is 0.227 e. The SMILES string of the molecule is COc1cccc(NC(=O)CCc2nc(-c3ccc(F)cc3)no2)c1. The van der Waals surface area contributed by atoms with E-state index in [2.05, 4.69) is 15.5 Å². The number of nitrogens with zero attached hydrogens (tertiary/aromatic N) is 2. The van der Waals surface area contributed by atoms with E-state index < -0.39 is 0 Å². The van der Waals surface area contributed by atoms with Gasteiger partial charge in [0.1, 0.15) is 11.6 Å². The van der Waals surface area contributed by atoms with E-state index in [1.807, 2.05) is 0 Å². The molecule has 0 aliphatic carbocycles.